The third-order valence-corrected chi connectivity index (χ3v) is 5.62. The van der Waals surface area contributed by atoms with Crippen LogP contribution < -0.4 is 0 Å². The molecule has 0 rings (SSSR count). The van der Waals surface area contributed by atoms with E-state index in [1.54, 1.807) is 0 Å². The van der Waals surface area contributed by atoms with E-state index in [0.29, 0.717) is 0 Å². The van der Waals surface area contributed by atoms with E-state index >= 15 is 0 Å². The summed E-state index contributed by atoms with van der Waals surface area (Å²) in [5, 5.41) is 0. The molecule has 0 fully saturated rings. The van der Waals surface area contributed by atoms with Gasteiger partial charge in [-0.25, -0.2) is 0 Å². The van der Waals surface area contributed by atoms with Gasteiger partial charge in [0.25, 0.3) is 0 Å². The quantitative estimate of drug-likeness (QED) is 0.132. The van der Waals surface area contributed by atoms with Crippen molar-refractivity contribution in [3.8, 4) is 0 Å². The predicted octanol–water partition coefficient (Wildman–Crippen LogP) is 10.2. The maximum Gasteiger partial charge on any atom is -0.0351 e. The molecule has 0 spiro atoms. The van der Waals surface area contributed by atoms with E-state index in [2.05, 4.69) is 26.0 Å². The third-order valence-electron chi connectivity index (χ3n) is 5.62. The van der Waals surface area contributed by atoms with E-state index in [-0.39, 0.29) is 0 Å². The molecule has 0 saturated carbocycles. The van der Waals surface area contributed by atoms with Crippen molar-refractivity contribution in [2.75, 3.05) is 0 Å². The average molecular weight is 365 g/mol. The molecule has 156 valence electrons. The predicted molar refractivity (Wildman–Crippen MR) is 122 cm³/mol. The summed E-state index contributed by atoms with van der Waals surface area (Å²) >= 11 is 0. The molecule has 0 aliphatic rings. The van der Waals surface area contributed by atoms with Crippen LogP contribution in [0.15, 0.2) is 12.2 Å². The number of rotatable bonds is 22. The topological polar surface area (TPSA) is 0 Å². The highest BCUT2D eigenvalue weighted by atomic mass is 14.0. The van der Waals surface area contributed by atoms with Gasteiger partial charge >= 0.3 is 0 Å². The Morgan fingerprint density at radius 3 is 0.808 bits per heavy atom. The summed E-state index contributed by atoms with van der Waals surface area (Å²) in [4.78, 5) is 0. The van der Waals surface area contributed by atoms with E-state index in [4.69, 9.17) is 0 Å². The largest absolute Gasteiger partial charge is 0.0885 e. The molecule has 26 heavy (non-hydrogen) atoms. The summed E-state index contributed by atoms with van der Waals surface area (Å²) in [6.07, 6.45) is 36.4. The minimum atomic E-state index is 1.31. The van der Waals surface area contributed by atoms with Gasteiger partial charge in [-0.2, -0.15) is 0 Å². The summed E-state index contributed by atoms with van der Waals surface area (Å²) in [6, 6.07) is 0. The van der Waals surface area contributed by atoms with Crippen LogP contribution in [0.3, 0.4) is 0 Å². The average Bonchev–Trinajstić information content (AvgIpc) is 2.66. The summed E-state index contributed by atoms with van der Waals surface area (Å²) in [7, 11) is 0. The number of unbranched alkanes of at least 4 members (excludes halogenated alkanes) is 20. The van der Waals surface area contributed by atoms with Crippen LogP contribution in [-0.2, 0) is 0 Å². The second kappa shape index (κ2) is 24.7. The lowest BCUT2D eigenvalue weighted by molar-refractivity contribution is 0.556. The second-order valence-corrected chi connectivity index (χ2v) is 8.41. The van der Waals surface area contributed by atoms with E-state index in [0.717, 1.165) is 0 Å². The number of allylic oxidation sites excluding steroid dienone is 2. The molecule has 0 N–H and O–H groups in total. The third kappa shape index (κ3) is 23.7. The molecule has 0 bridgehead atoms. The maximum atomic E-state index is 2.44. The highest BCUT2D eigenvalue weighted by molar-refractivity contribution is 4.81. The SMILES string of the molecule is CCCCCCCCCCCCC=CCCCCCCCCCCCC. The fourth-order valence-electron chi connectivity index (χ4n) is 3.73. The molecule has 0 atom stereocenters. The van der Waals surface area contributed by atoms with Crippen LogP contribution in [0.5, 0.6) is 0 Å². The Morgan fingerprint density at radius 2 is 0.538 bits per heavy atom. The Balaban J connectivity index is 3.04. The van der Waals surface area contributed by atoms with E-state index in [1.165, 1.54) is 141 Å². The molecular weight excluding hydrogens is 312 g/mol. The van der Waals surface area contributed by atoms with Gasteiger partial charge in [0, 0.05) is 0 Å². The van der Waals surface area contributed by atoms with Crippen LogP contribution in [0.1, 0.15) is 155 Å². The molecule has 0 heterocycles. The Morgan fingerprint density at radius 1 is 0.308 bits per heavy atom. The van der Waals surface area contributed by atoms with Crippen LogP contribution >= 0.6 is 0 Å². The van der Waals surface area contributed by atoms with Crippen molar-refractivity contribution in [3.63, 3.8) is 0 Å². The van der Waals surface area contributed by atoms with Gasteiger partial charge in [-0.1, -0.05) is 142 Å². The van der Waals surface area contributed by atoms with Gasteiger partial charge in [0.05, 0.1) is 0 Å². The Kier molecular flexibility index (Phi) is 24.5. The Bertz CT molecular complexity index is 227. The monoisotopic (exact) mass is 364 g/mol. The van der Waals surface area contributed by atoms with Gasteiger partial charge in [0.2, 0.25) is 0 Å². The van der Waals surface area contributed by atoms with Crippen LogP contribution in [-0.4, -0.2) is 0 Å². The first-order chi connectivity index (χ1) is 12.9. The highest BCUT2D eigenvalue weighted by Crippen LogP contribution is 2.13. The second-order valence-electron chi connectivity index (χ2n) is 8.41. The van der Waals surface area contributed by atoms with Crippen LogP contribution in [0.4, 0.5) is 0 Å². The van der Waals surface area contributed by atoms with Crippen molar-refractivity contribution < 1.29 is 0 Å². The maximum absolute atomic E-state index is 2.44. The Hall–Kier alpha value is -0.260. The highest BCUT2D eigenvalue weighted by Gasteiger charge is 1.93. The van der Waals surface area contributed by atoms with Crippen molar-refractivity contribution in [2.45, 2.75) is 155 Å². The molecule has 0 radical (unpaired) electrons. The zero-order chi connectivity index (χ0) is 19.0. The van der Waals surface area contributed by atoms with Crippen LogP contribution in [0.2, 0.25) is 0 Å². The summed E-state index contributed by atoms with van der Waals surface area (Å²) in [5.74, 6) is 0. The van der Waals surface area contributed by atoms with Crippen LogP contribution in [0, 0.1) is 0 Å². The van der Waals surface area contributed by atoms with Gasteiger partial charge in [0.1, 0.15) is 0 Å². The molecule has 0 saturated heterocycles. The van der Waals surface area contributed by atoms with Crippen molar-refractivity contribution >= 4 is 0 Å². The molecule has 0 aromatic rings. The standard InChI is InChI=1S/C26H52/c1-3-5-7-9-11-13-15-17-19-21-23-25-26-24-22-20-18-16-14-12-10-8-6-4-2/h25-26H,3-24H2,1-2H3. The van der Waals surface area contributed by atoms with Crippen molar-refractivity contribution in [1.29, 1.82) is 0 Å². The molecule has 0 aromatic carbocycles. The molecule has 0 nitrogen and oxygen atoms in total. The summed E-state index contributed by atoms with van der Waals surface area (Å²) < 4.78 is 0. The zero-order valence-electron chi connectivity index (χ0n) is 18.7. The lowest BCUT2D eigenvalue weighted by Crippen LogP contribution is -1.82. The zero-order valence-corrected chi connectivity index (χ0v) is 18.7. The first kappa shape index (κ1) is 25.7. The van der Waals surface area contributed by atoms with Crippen molar-refractivity contribution in [3.05, 3.63) is 12.2 Å². The Labute approximate surface area is 167 Å². The molecule has 0 unspecified atom stereocenters. The summed E-state index contributed by atoms with van der Waals surface area (Å²) in [5.41, 5.74) is 0. The molecule has 0 aromatic heterocycles. The van der Waals surface area contributed by atoms with E-state index in [1.807, 2.05) is 0 Å². The molecule has 0 aliphatic heterocycles. The minimum absolute atomic E-state index is 1.31. The normalized spacial score (nSPS) is 11.6. The van der Waals surface area contributed by atoms with Crippen molar-refractivity contribution in [2.24, 2.45) is 0 Å². The first-order valence-electron chi connectivity index (χ1n) is 12.6. The van der Waals surface area contributed by atoms with Crippen LogP contribution in [0.25, 0.3) is 0 Å². The fourth-order valence-corrected chi connectivity index (χ4v) is 3.73. The first-order valence-corrected chi connectivity index (χ1v) is 12.6. The number of hydrogen-bond acceptors (Lipinski definition) is 0. The number of hydrogen-bond donors (Lipinski definition) is 0. The minimum Gasteiger partial charge on any atom is -0.0885 e. The fraction of sp³-hybridized carbons (Fsp3) is 0.923. The van der Waals surface area contributed by atoms with Gasteiger partial charge in [-0.3, -0.25) is 0 Å². The van der Waals surface area contributed by atoms with Crippen molar-refractivity contribution in [1.82, 2.24) is 0 Å². The molecule has 0 aliphatic carbocycles. The summed E-state index contributed by atoms with van der Waals surface area (Å²) in [6.45, 7) is 4.59. The molecule has 0 heteroatoms. The molecule has 0 amide bonds. The lowest BCUT2D eigenvalue weighted by atomic mass is 10.0. The molecular formula is C26H52. The van der Waals surface area contributed by atoms with E-state index in [9.17, 15) is 0 Å². The van der Waals surface area contributed by atoms with Gasteiger partial charge in [-0.05, 0) is 25.7 Å². The van der Waals surface area contributed by atoms with Gasteiger partial charge < -0.3 is 0 Å². The van der Waals surface area contributed by atoms with Gasteiger partial charge in [-0.15, -0.1) is 0 Å². The van der Waals surface area contributed by atoms with Gasteiger partial charge in [0.15, 0.2) is 0 Å². The lowest BCUT2D eigenvalue weighted by Gasteiger charge is -2.01. The smallest absolute Gasteiger partial charge is 0.0351 e. The van der Waals surface area contributed by atoms with E-state index < -0.39 is 0 Å².